The highest BCUT2D eigenvalue weighted by Crippen LogP contribution is 2.60. The molecule has 1 aliphatic carbocycles. The van der Waals surface area contributed by atoms with E-state index in [4.69, 9.17) is 20.0 Å². The summed E-state index contributed by atoms with van der Waals surface area (Å²) < 4.78 is 11.9. The van der Waals surface area contributed by atoms with Gasteiger partial charge in [-0.15, -0.1) is 0 Å². The van der Waals surface area contributed by atoms with Crippen molar-refractivity contribution in [2.24, 2.45) is 16.8 Å². The van der Waals surface area contributed by atoms with Crippen LogP contribution < -0.4 is 15.2 Å². The summed E-state index contributed by atoms with van der Waals surface area (Å²) in [4.78, 5) is 18.9. The number of carbonyl (C=O) groups is 1. The van der Waals surface area contributed by atoms with Crippen LogP contribution in [0, 0.1) is 5.92 Å². The number of carbonyl (C=O) groups excluding carboxylic acids is 1. The number of rotatable bonds is 9. The monoisotopic (exact) mass is 409 g/mol. The highest BCUT2D eigenvalue weighted by atomic mass is 16.6. The number of ether oxygens (including phenoxy) is 2. The summed E-state index contributed by atoms with van der Waals surface area (Å²) in [5, 5.41) is 4.52. The zero-order valence-electron chi connectivity index (χ0n) is 17.3. The van der Waals surface area contributed by atoms with E-state index in [0.717, 1.165) is 36.2 Å². The molecule has 1 saturated carbocycles. The number of primary amides is 1. The van der Waals surface area contributed by atoms with E-state index < -0.39 is 11.5 Å². The number of nitrogens with two attached hydrogens (primary N) is 1. The molecule has 2 aromatic carbocycles. The van der Waals surface area contributed by atoms with Crippen LogP contribution in [-0.2, 0) is 15.2 Å². The van der Waals surface area contributed by atoms with Gasteiger partial charge in [0.25, 0.3) is 5.91 Å². The fourth-order valence-corrected chi connectivity index (χ4v) is 3.87. The molecular weight excluding hydrogens is 382 g/mol. The van der Waals surface area contributed by atoms with Gasteiger partial charge >= 0.3 is 0 Å². The largest absolute Gasteiger partial charge is 0.484 e. The van der Waals surface area contributed by atoms with Crippen molar-refractivity contribution in [2.75, 3.05) is 33.9 Å². The molecule has 1 aliphatic heterocycles. The zero-order valence-corrected chi connectivity index (χ0v) is 17.3. The Labute approximate surface area is 176 Å². The Morgan fingerprint density at radius 2 is 2.07 bits per heavy atom. The van der Waals surface area contributed by atoms with Crippen molar-refractivity contribution in [3.63, 3.8) is 0 Å². The lowest BCUT2D eigenvalue weighted by molar-refractivity contribution is -0.119. The van der Waals surface area contributed by atoms with Gasteiger partial charge in [-0.2, -0.15) is 0 Å². The molecule has 2 N–H and O–H groups in total. The molecule has 30 heavy (non-hydrogen) atoms. The van der Waals surface area contributed by atoms with E-state index in [9.17, 15) is 4.79 Å². The second kappa shape index (κ2) is 8.36. The number of oxime groups is 1. The Kier molecular flexibility index (Phi) is 5.63. The summed E-state index contributed by atoms with van der Waals surface area (Å²) in [7, 11) is 4.08. The van der Waals surface area contributed by atoms with Crippen LogP contribution in [0.15, 0.2) is 53.7 Å². The van der Waals surface area contributed by atoms with Gasteiger partial charge in [-0.05, 0) is 38.2 Å². The Bertz CT molecular complexity index is 945. The molecule has 7 heteroatoms. The average Bonchev–Trinajstić information content (AvgIpc) is 3.47. The molecule has 2 aromatic rings. The van der Waals surface area contributed by atoms with Gasteiger partial charge in [0.1, 0.15) is 23.7 Å². The Balaban J connectivity index is 1.60. The molecule has 2 aliphatic rings. The van der Waals surface area contributed by atoms with Crippen LogP contribution in [0.3, 0.4) is 0 Å². The van der Waals surface area contributed by atoms with E-state index in [-0.39, 0.29) is 12.5 Å². The van der Waals surface area contributed by atoms with Gasteiger partial charge in [-0.3, -0.25) is 4.79 Å². The minimum Gasteiger partial charge on any atom is -0.484 e. The van der Waals surface area contributed by atoms with Crippen LogP contribution in [0.4, 0.5) is 0 Å². The Morgan fingerprint density at radius 1 is 1.27 bits per heavy atom. The third kappa shape index (κ3) is 4.11. The standard InChI is InChI=1S/C23H27N3O4/c1-26(2)11-6-12-29-25-22-18-10-9-17(28-15-21(24)27)13-20(18)30-23(14-19(22)23)16-7-4-3-5-8-16/h3-5,7-10,13,19H,6,11-12,14-15H2,1-2H3,(H2,24,27). The molecule has 2 atom stereocenters. The van der Waals surface area contributed by atoms with E-state index >= 15 is 0 Å². The van der Waals surface area contributed by atoms with Gasteiger partial charge in [0.15, 0.2) is 6.61 Å². The molecule has 1 amide bonds. The lowest BCUT2D eigenvalue weighted by Crippen LogP contribution is -2.28. The maximum atomic E-state index is 11.0. The highest BCUT2D eigenvalue weighted by Gasteiger charge is 2.64. The molecule has 0 bridgehead atoms. The second-order valence-corrected chi connectivity index (χ2v) is 7.99. The maximum Gasteiger partial charge on any atom is 0.255 e. The molecule has 1 heterocycles. The minimum atomic E-state index is -0.523. The van der Waals surface area contributed by atoms with Gasteiger partial charge in [0.05, 0.1) is 11.6 Å². The van der Waals surface area contributed by atoms with Gasteiger partial charge in [0, 0.05) is 24.6 Å². The number of fused-ring (bicyclic) bond motifs is 2. The van der Waals surface area contributed by atoms with Crippen LogP contribution in [0.25, 0.3) is 0 Å². The predicted molar refractivity (Wildman–Crippen MR) is 114 cm³/mol. The molecule has 2 unspecified atom stereocenters. The van der Waals surface area contributed by atoms with E-state index in [1.165, 1.54) is 0 Å². The fraction of sp³-hybridized carbons (Fsp3) is 0.391. The SMILES string of the molecule is CN(C)CCCON=C1c2ccc(OCC(N)=O)cc2OC2(c3ccccc3)CC12. The smallest absolute Gasteiger partial charge is 0.255 e. The third-order valence-electron chi connectivity index (χ3n) is 5.41. The molecule has 4 rings (SSSR count). The first-order valence-electron chi connectivity index (χ1n) is 10.1. The average molecular weight is 409 g/mol. The van der Waals surface area contributed by atoms with Crippen molar-refractivity contribution in [3.05, 3.63) is 59.7 Å². The topological polar surface area (TPSA) is 86.4 Å². The van der Waals surface area contributed by atoms with Crippen LogP contribution >= 0.6 is 0 Å². The molecule has 158 valence electrons. The summed E-state index contributed by atoms with van der Waals surface area (Å²) in [6.45, 7) is 1.33. The number of benzene rings is 2. The zero-order chi connectivity index (χ0) is 21.1. The number of nitrogens with zero attached hydrogens (tertiary/aromatic N) is 2. The predicted octanol–water partition coefficient (Wildman–Crippen LogP) is 2.53. The molecule has 0 saturated heterocycles. The van der Waals surface area contributed by atoms with Crippen LogP contribution in [0.1, 0.15) is 24.0 Å². The first kappa shape index (κ1) is 20.2. The van der Waals surface area contributed by atoms with Crippen molar-refractivity contribution in [1.82, 2.24) is 4.90 Å². The molecule has 1 fully saturated rings. The summed E-state index contributed by atoms with van der Waals surface area (Å²) in [6.07, 6.45) is 1.74. The molecular formula is C23H27N3O4. The highest BCUT2D eigenvalue weighted by molar-refractivity contribution is 6.08. The van der Waals surface area contributed by atoms with Crippen LogP contribution in [-0.4, -0.2) is 50.4 Å². The van der Waals surface area contributed by atoms with Crippen molar-refractivity contribution in [3.8, 4) is 11.5 Å². The lowest BCUT2D eigenvalue weighted by Gasteiger charge is -2.28. The summed E-state index contributed by atoms with van der Waals surface area (Å²) >= 11 is 0. The van der Waals surface area contributed by atoms with Crippen LogP contribution in [0.2, 0.25) is 0 Å². The Morgan fingerprint density at radius 3 is 2.80 bits per heavy atom. The third-order valence-corrected chi connectivity index (χ3v) is 5.41. The number of hydrogen-bond acceptors (Lipinski definition) is 6. The van der Waals surface area contributed by atoms with Crippen LogP contribution in [0.5, 0.6) is 11.5 Å². The van der Waals surface area contributed by atoms with E-state index in [2.05, 4.69) is 22.2 Å². The lowest BCUT2D eigenvalue weighted by atomic mass is 9.95. The normalized spacial score (nSPS) is 22.8. The molecule has 0 aromatic heterocycles. The first-order valence-corrected chi connectivity index (χ1v) is 10.1. The van der Waals surface area contributed by atoms with Gasteiger partial charge in [-0.25, -0.2) is 0 Å². The maximum absolute atomic E-state index is 11.0. The number of amides is 1. The quantitative estimate of drug-likeness (QED) is 0.508. The molecule has 7 nitrogen and oxygen atoms in total. The van der Waals surface area contributed by atoms with Crippen molar-refractivity contribution < 1.29 is 19.1 Å². The van der Waals surface area contributed by atoms with E-state index in [1.807, 2.05) is 38.4 Å². The van der Waals surface area contributed by atoms with E-state index in [0.29, 0.717) is 18.1 Å². The van der Waals surface area contributed by atoms with Crippen molar-refractivity contribution >= 4 is 11.6 Å². The minimum absolute atomic E-state index is 0.138. The fourth-order valence-electron chi connectivity index (χ4n) is 3.87. The number of hydrogen-bond donors (Lipinski definition) is 1. The Hall–Kier alpha value is -3.06. The molecule has 0 radical (unpaired) electrons. The summed E-state index contributed by atoms with van der Waals surface area (Å²) in [5.41, 5.74) is 7.65. The first-order chi connectivity index (χ1) is 14.5. The summed E-state index contributed by atoms with van der Waals surface area (Å²) in [6, 6.07) is 15.7. The summed E-state index contributed by atoms with van der Waals surface area (Å²) in [5.74, 6) is 0.815. The van der Waals surface area contributed by atoms with Gasteiger partial charge in [-0.1, -0.05) is 35.5 Å². The van der Waals surface area contributed by atoms with Crippen molar-refractivity contribution in [2.45, 2.75) is 18.4 Å². The van der Waals surface area contributed by atoms with E-state index in [1.54, 1.807) is 12.1 Å². The van der Waals surface area contributed by atoms with Gasteiger partial charge in [0.2, 0.25) is 0 Å². The second-order valence-electron chi connectivity index (χ2n) is 7.99. The molecule has 0 spiro atoms. The van der Waals surface area contributed by atoms with Crippen molar-refractivity contribution in [1.29, 1.82) is 0 Å². The van der Waals surface area contributed by atoms with Gasteiger partial charge < -0.3 is 24.9 Å².